The summed E-state index contributed by atoms with van der Waals surface area (Å²) < 4.78 is 15.8. The highest BCUT2D eigenvalue weighted by atomic mass is 16.7. The fraction of sp³-hybridized carbons (Fsp3) is 0.350. The number of methoxy groups -OCH3 is 1. The zero-order valence-corrected chi connectivity index (χ0v) is 14.4. The van der Waals surface area contributed by atoms with Crippen molar-refractivity contribution < 1.29 is 19.0 Å². The molecule has 0 unspecified atom stereocenters. The number of carbonyl (C=O) groups excluding carboxylic acids is 1. The number of hydrogen-bond acceptors (Lipinski definition) is 4. The van der Waals surface area contributed by atoms with E-state index in [1.165, 1.54) is 5.56 Å². The highest BCUT2D eigenvalue weighted by Gasteiger charge is 2.12. The molecule has 0 fully saturated rings. The van der Waals surface area contributed by atoms with Crippen LogP contribution >= 0.6 is 0 Å². The maximum Gasteiger partial charge on any atom is 0.231 e. The molecule has 3 rings (SSSR count). The third-order valence-electron chi connectivity index (χ3n) is 4.20. The summed E-state index contributed by atoms with van der Waals surface area (Å²) in [5.41, 5.74) is 2.33. The molecule has 0 saturated heterocycles. The van der Waals surface area contributed by atoms with Crippen LogP contribution in [0.3, 0.4) is 0 Å². The number of nitrogens with one attached hydrogen (secondary N) is 1. The molecule has 25 heavy (non-hydrogen) atoms. The second kappa shape index (κ2) is 8.42. The highest BCUT2D eigenvalue weighted by molar-refractivity contribution is 5.76. The summed E-state index contributed by atoms with van der Waals surface area (Å²) in [7, 11) is 1.64. The fourth-order valence-corrected chi connectivity index (χ4v) is 2.76. The molecule has 132 valence electrons. The van der Waals surface area contributed by atoms with Gasteiger partial charge in [0.05, 0.1) is 7.11 Å². The maximum atomic E-state index is 11.9. The summed E-state index contributed by atoms with van der Waals surface area (Å²) in [6.45, 7) is 0.971. The average Bonchev–Trinajstić information content (AvgIpc) is 3.12. The van der Waals surface area contributed by atoms with Crippen molar-refractivity contribution >= 4 is 5.91 Å². The Labute approximate surface area is 147 Å². The molecule has 2 aromatic rings. The van der Waals surface area contributed by atoms with Crippen LogP contribution < -0.4 is 19.5 Å². The molecular weight excluding hydrogens is 318 g/mol. The molecule has 0 aliphatic carbocycles. The maximum absolute atomic E-state index is 11.9. The molecule has 5 nitrogen and oxygen atoms in total. The van der Waals surface area contributed by atoms with Crippen LogP contribution in [-0.4, -0.2) is 26.4 Å². The topological polar surface area (TPSA) is 56.8 Å². The molecule has 1 N–H and O–H groups in total. The van der Waals surface area contributed by atoms with Gasteiger partial charge in [0.15, 0.2) is 11.5 Å². The van der Waals surface area contributed by atoms with Crippen molar-refractivity contribution in [3.05, 3.63) is 53.6 Å². The van der Waals surface area contributed by atoms with E-state index in [9.17, 15) is 4.79 Å². The predicted molar refractivity (Wildman–Crippen MR) is 95.2 cm³/mol. The number of ether oxygens (including phenoxy) is 3. The van der Waals surface area contributed by atoms with E-state index < -0.39 is 0 Å². The van der Waals surface area contributed by atoms with Gasteiger partial charge in [-0.2, -0.15) is 0 Å². The van der Waals surface area contributed by atoms with Gasteiger partial charge in [-0.05, 0) is 54.7 Å². The van der Waals surface area contributed by atoms with Crippen molar-refractivity contribution in [3.63, 3.8) is 0 Å². The van der Waals surface area contributed by atoms with E-state index in [0.717, 1.165) is 42.1 Å². The minimum Gasteiger partial charge on any atom is -0.497 e. The monoisotopic (exact) mass is 341 g/mol. The Hall–Kier alpha value is -2.69. The summed E-state index contributed by atoms with van der Waals surface area (Å²) >= 11 is 0. The van der Waals surface area contributed by atoms with Crippen molar-refractivity contribution in [2.24, 2.45) is 0 Å². The largest absolute Gasteiger partial charge is 0.497 e. The summed E-state index contributed by atoms with van der Waals surface area (Å²) in [6, 6.07) is 13.8. The van der Waals surface area contributed by atoms with Gasteiger partial charge in [-0.25, -0.2) is 0 Å². The van der Waals surface area contributed by atoms with Gasteiger partial charge in [-0.3, -0.25) is 4.79 Å². The Kier molecular flexibility index (Phi) is 5.77. The SMILES string of the molecule is COc1ccc(CCC(=O)NCCCc2ccc3c(c2)OCO3)cc1. The number of aryl methyl sites for hydroxylation is 2. The summed E-state index contributed by atoms with van der Waals surface area (Å²) in [5, 5.41) is 2.98. The zero-order chi connectivity index (χ0) is 17.5. The normalized spacial score (nSPS) is 12.0. The van der Waals surface area contributed by atoms with E-state index in [2.05, 4.69) is 5.32 Å². The van der Waals surface area contributed by atoms with Gasteiger partial charge in [-0.1, -0.05) is 18.2 Å². The second-order valence-corrected chi connectivity index (χ2v) is 5.99. The Morgan fingerprint density at radius 1 is 1.04 bits per heavy atom. The quantitative estimate of drug-likeness (QED) is 0.750. The van der Waals surface area contributed by atoms with Crippen LogP contribution in [0.5, 0.6) is 17.2 Å². The van der Waals surface area contributed by atoms with Crippen LogP contribution in [0.25, 0.3) is 0 Å². The van der Waals surface area contributed by atoms with E-state index in [1.807, 2.05) is 42.5 Å². The van der Waals surface area contributed by atoms with Gasteiger partial charge in [0.1, 0.15) is 5.75 Å². The number of amides is 1. The predicted octanol–water partition coefficient (Wildman–Crippen LogP) is 3.11. The molecule has 0 radical (unpaired) electrons. The first-order chi connectivity index (χ1) is 12.2. The fourth-order valence-electron chi connectivity index (χ4n) is 2.76. The summed E-state index contributed by atoms with van der Waals surface area (Å²) in [5.74, 6) is 2.52. The molecule has 0 spiro atoms. The molecule has 2 aromatic carbocycles. The minimum absolute atomic E-state index is 0.0847. The Balaban J connectivity index is 1.33. The Bertz CT molecular complexity index is 712. The number of fused-ring (bicyclic) bond motifs is 1. The van der Waals surface area contributed by atoms with E-state index in [4.69, 9.17) is 14.2 Å². The van der Waals surface area contributed by atoms with Gasteiger partial charge >= 0.3 is 0 Å². The van der Waals surface area contributed by atoms with Gasteiger partial charge in [0.2, 0.25) is 12.7 Å². The first kappa shape index (κ1) is 17.1. The van der Waals surface area contributed by atoms with Crippen molar-refractivity contribution in [1.29, 1.82) is 0 Å². The summed E-state index contributed by atoms with van der Waals surface area (Å²) in [4.78, 5) is 11.9. The molecule has 1 aliphatic rings. The second-order valence-electron chi connectivity index (χ2n) is 5.99. The van der Waals surface area contributed by atoms with Gasteiger partial charge in [-0.15, -0.1) is 0 Å². The molecule has 0 aromatic heterocycles. The van der Waals surface area contributed by atoms with Gasteiger partial charge in [0.25, 0.3) is 0 Å². The number of benzene rings is 2. The molecule has 5 heteroatoms. The van der Waals surface area contributed by atoms with Crippen LogP contribution in [-0.2, 0) is 17.6 Å². The Morgan fingerprint density at radius 3 is 2.60 bits per heavy atom. The third kappa shape index (κ3) is 4.89. The average molecular weight is 341 g/mol. The van der Waals surface area contributed by atoms with Crippen molar-refractivity contribution in [2.75, 3.05) is 20.4 Å². The first-order valence-corrected chi connectivity index (χ1v) is 8.53. The van der Waals surface area contributed by atoms with E-state index in [1.54, 1.807) is 7.11 Å². The number of carbonyl (C=O) groups is 1. The summed E-state index contributed by atoms with van der Waals surface area (Å²) in [6.07, 6.45) is 3.03. The number of hydrogen-bond donors (Lipinski definition) is 1. The molecule has 1 amide bonds. The van der Waals surface area contributed by atoms with E-state index >= 15 is 0 Å². The molecule has 1 aliphatic heterocycles. The molecular formula is C20H23NO4. The van der Waals surface area contributed by atoms with Crippen LogP contribution in [0.1, 0.15) is 24.0 Å². The first-order valence-electron chi connectivity index (χ1n) is 8.53. The van der Waals surface area contributed by atoms with Crippen LogP contribution in [0, 0.1) is 0 Å². The van der Waals surface area contributed by atoms with Crippen LogP contribution in [0.4, 0.5) is 0 Å². The molecule has 0 atom stereocenters. The van der Waals surface area contributed by atoms with Crippen molar-refractivity contribution in [3.8, 4) is 17.2 Å². The lowest BCUT2D eigenvalue weighted by molar-refractivity contribution is -0.121. The third-order valence-corrected chi connectivity index (χ3v) is 4.20. The Morgan fingerprint density at radius 2 is 1.80 bits per heavy atom. The van der Waals surface area contributed by atoms with E-state index in [0.29, 0.717) is 19.8 Å². The number of rotatable bonds is 8. The lowest BCUT2D eigenvalue weighted by atomic mass is 10.1. The lowest BCUT2D eigenvalue weighted by Crippen LogP contribution is -2.24. The smallest absolute Gasteiger partial charge is 0.231 e. The molecule has 0 bridgehead atoms. The van der Waals surface area contributed by atoms with Gasteiger partial charge < -0.3 is 19.5 Å². The molecule has 0 saturated carbocycles. The van der Waals surface area contributed by atoms with E-state index in [-0.39, 0.29) is 5.91 Å². The minimum atomic E-state index is 0.0847. The lowest BCUT2D eigenvalue weighted by Gasteiger charge is -2.07. The highest BCUT2D eigenvalue weighted by Crippen LogP contribution is 2.32. The molecule has 1 heterocycles. The standard InChI is InChI=1S/C20H23NO4/c1-23-17-8-4-15(5-9-17)7-11-20(22)21-12-2-3-16-6-10-18-19(13-16)25-14-24-18/h4-6,8-10,13H,2-3,7,11-12,14H2,1H3,(H,21,22). The zero-order valence-electron chi connectivity index (χ0n) is 14.4. The van der Waals surface area contributed by atoms with Gasteiger partial charge in [0, 0.05) is 13.0 Å². The van der Waals surface area contributed by atoms with Crippen molar-refractivity contribution in [2.45, 2.75) is 25.7 Å². The van der Waals surface area contributed by atoms with Crippen LogP contribution in [0.2, 0.25) is 0 Å². The van der Waals surface area contributed by atoms with Crippen molar-refractivity contribution in [1.82, 2.24) is 5.32 Å². The van der Waals surface area contributed by atoms with Crippen LogP contribution in [0.15, 0.2) is 42.5 Å².